The summed E-state index contributed by atoms with van der Waals surface area (Å²) in [5.74, 6) is 1.69. The highest BCUT2D eigenvalue weighted by atomic mass is 127. The minimum atomic E-state index is 0. The van der Waals surface area contributed by atoms with E-state index in [1.165, 1.54) is 0 Å². The van der Waals surface area contributed by atoms with Gasteiger partial charge in [0.25, 0.3) is 0 Å². The second-order valence-corrected chi connectivity index (χ2v) is 6.02. The molecule has 0 saturated carbocycles. The van der Waals surface area contributed by atoms with Crippen molar-refractivity contribution in [3.63, 3.8) is 0 Å². The molecule has 0 spiro atoms. The van der Waals surface area contributed by atoms with Gasteiger partial charge in [-0.2, -0.15) is 0 Å². The van der Waals surface area contributed by atoms with E-state index in [0.29, 0.717) is 19.8 Å². The van der Waals surface area contributed by atoms with Crippen LogP contribution in [-0.2, 0) is 16.0 Å². The molecule has 154 valence electrons. The molecule has 2 rings (SSSR count). The van der Waals surface area contributed by atoms with Gasteiger partial charge in [-0.05, 0) is 13.0 Å². The summed E-state index contributed by atoms with van der Waals surface area (Å²) in [4.78, 5) is 7.01. The molecule has 0 radical (unpaired) electrons. The maximum Gasteiger partial charge on any atom is 0.191 e. The number of morpholine rings is 1. The van der Waals surface area contributed by atoms with Gasteiger partial charge in [-0.25, -0.2) is 4.99 Å². The summed E-state index contributed by atoms with van der Waals surface area (Å²) >= 11 is 0. The lowest BCUT2D eigenvalue weighted by molar-refractivity contribution is 0.0322. The van der Waals surface area contributed by atoms with E-state index in [0.717, 1.165) is 63.2 Å². The van der Waals surface area contributed by atoms with Gasteiger partial charge in [0.1, 0.15) is 12.4 Å². The van der Waals surface area contributed by atoms with Crippen molar-refractivity contribution in [1.82, 2.24) is 15.5 Å². The number of methoxy groups -OCH3 is 1. The summed E-state index contributed by atoms with van der Waals surface area (Å²) in [6, 6.07) is 8.09. The molecule has 0 atom stereocenters. The molecule has 8 heteroatoms. The fraction of sp³-hybridized carbons (Fsp3) is 0.632. The first-order chi connectivity index (χ1) is 12.8. The highest BCUT2D eigenvalue weighted by Crippen LogP contribution is 2.19. The van der Waals surface area contributed by atoms with Gasteiger partial charge in [0.15, 0.2) is 5.96 Å². The molecule has 2 N–H and O–H groups in total. The van der Waals surface area contributed by atoms with E-state index in [1.54, 1.807) is 7.11 Å². The van der Waals surface area contributed by atoms with Crippen LogP contribution in [0.3, 0.4) is 0 Å². The SMILES string of the molecule is CCNC(=NCc1ccccc1OCCN1CCOCC1)NCCOC.I. The lowest BCUT2D eigenvalue weighted by atomic mass is 10.2. The largest absolute Gasteiger partial charge is 0.492 e. The smallest absolute Gasteiger partial charge is 0.191 e. The van der Waals surface area contributed by atoms with Gasteiger partial charge in [0.05, 0.1) is 26.4 Å². The van der Waals surface area contributed by atoms with Crippen molar-refractivity contribution < 1.29 is 14.2 Å². The lowest BCUT2D eigenvalue weighted by Crippen LogP contribution is -2.39. The Bertz CT molecular complexity index is 539. The second kappa shape index (κ2) is 14.9. The Balaban J connectivity index is 0.00000364. The predicted molar refractivity (Wildman–Crippen MR) is 119 cm³/mol. The molecule has 1 heterocycles. The molecule has 0 aliphatic carbocycles. The van der Waals surface area contributed by atoms with Crippen molar-refractivity contribution in [3.8, 4) is 5.75 Å². The molecule has 1 fully saturated rings. The van der Waals surface area contributed by atoms with Crippen molar-refractivity contribution in [2.75, 3.05) is 66.3 Å². The number of halogens is 1. The van der Waals surface area contributed by atoms with E-state index >= 15 is 0 Å². The summed E-state index contributed by atoms with van der Waals surface area (Å²) < 4.78 is 16.5. The maximum absolute atomic E-state index is 6.02. The van der Waals surface area contributed by atoms with Crippen LogP contribution in [0.2, 0.25) is 0 Å². The van der Waals surface area contributed by atoms with Gasteiger partial charge in [0.2, 0.25) is 0 Å². The lowest BCUT2D eigenvalue weighted by Gasteiger charge is -2.26. The fourth-order valence-corrected chi connectivity index (χ4v) is 2.66. The van der Waals surface area contributed by atoms with Crippen LogP contribution in [0, 0.1) is 0 Å². The topological polar surface area (TPSA) is 67.4 Å². The van der Waals surface area contributed by atoms with Crippen LogP contribution in [0.15, 0.2) is 29.3 Å². The molecule has 0 amide bonds. The normalized spacial score (nSPS) is 15.1. The van der Waals surface area contributed by atoms with Crippen molar-refractivity contribution in [1.29, 1.82) is 0 Å². The van der Waals surface area contributed by atoms with Crippen LogP contribution in [0.1, 0.15) is 12.5 Å². The Kier molecular flexibility index (Phi) is 13.2. The molecule has 0 aromatic heterocycles. The Morgan fingerprint density at radius 3 is 2.70 bits per heavy atom. The highest BCUT2D eigenvalue weighted by Gasteiger charge is 2.10. The third-order valence-electron chi connectivity index (χ3n) is 4.09. The zero-order valence-electron chi connectivity index (χ0n) is 16.4. The van der Waals surface area contributed by atoms with Crippen molar-refractivity contribution in [2.24, 2.45) is 4.99 Å². The van der Waals surface area contributed by atoms with Gasteiger partial charge >= 0.3 is 0 Å². The predicted octanol–water partition coefficient (Wildman–Crippen LogP) is 1.72. The van der Waals surface area contributed by atoms with E-state index in [-0.39, 0.29) is 24.0 Å². The molecule has 1 aromatic carbocycles. The quantitative estimate of drug-likeness (QED) is 0.225. The molecule has 1 saturated heterocycles. The zero-order chi connectivity index (χ0) is 18.5. The number of hydrogen-bond donors (Lipinski definition) is 2. The number of rotatable bonds is 10. The van der Waals surface area contributed by atoms with E-state index in [1.807, 2.05) is 18.2 Å². The summed E-state index contributed by atoms with van der Waals surface area (Å²) in [5.41, 5.74) is 1.08. The van der Waals surface area contributed by atoms with Crippen LogP contribution in [0.25, 0.3) is 0 Å². The van der Waals surface area contributed by atoms with Crippen LogP contribution in [0.5, 0.6) is 5.75 Å². The van der Waals surface area contributed by atoms with Crippen LogP contribution < -0.4 is 15.4 Å². The van der Waals surface area contributed by atoms with Crippen molar-refractivity contribution >= 4 is 29.9 Å². The third-order valence-corrected chi connectivity index (χ3v) is 4.09. The first kappa shape index (κ1) is 23.9. The van der Waals surface area contributed by atoms with Gasteiger partial charge in [-0.3, -0.25) is 4.90 Å². The fourth-order valence-electron chi connectivity index (χ4n) is 2.66. The standard InChI is InChI=1S/C19H32N4O3.HI/c1-3-20-19(21-8-12-24-2)22-16-17-6-4-5-7-18(17)26-15-11-23-9-13-25-14-10-23;/h4-7H,3,8-16H2,1-2H3,(H2,20,21,22);1H. The number of hydrogen-bond acceptors (Lipinski definition) is 5. The summed E-state index contributed by atoms with van der Waals surface area (Å²) in [5, 5.41) is 6.49. The monoisotopic (exact) mass is 492 g/mol. The van der Waals surface area contributed by atoms with Gasteiger partial charge < -0.3 is 24.8 Å². The van der Waals surface area contributed by atoms with Gasteiger partial charge in [-0.1, -0.05) is 18.2 Å². The number of benzene rings is 1. The van der Waals surface area contributed by atoms with Gasteiger partial charge in [0, 0.05) is 45.4 Å². The Hall–Kier alpha value is -1.10. The molecule has 1 aliphatic heterocycles. The molecule has 1 aliphatic rings. The minimum Gasteiger partial charge on any atom is -0.492 e. The number of para-hydroxylation sites is 1. The van der Waals surface area contributed by atoms with E-state index in [9.17, 15) is 0 Å². The molecule has 1 aromatic rings. The Morgan fingerprint density at radius 1 is 1.19 bits per heavy atom. The number of nitrogens with zero attached hydrogens (tertiary/aromatic N) is 2. The molecular formula is C19H33IN4O3. The number of nitrogens with one attached hydrogen (secondary N) is 2. The minimum absolute atomic E-state index is 0. The first-order valence-electron chi connectivity index (χ1n) is 9.35. The molecular weight excluding hydrogens is 459 g/mol. The first-order valence-corrected chi connectivity index (χ1v) is 9.35. The van der Waals surface area contributed by atoms with Crippen LogP contribution in [0.4, 0.5) is 0 Å². The van der Waals surface area contributed by atoms with E-state index in [4.69, 9.17) is 14.2 Å². The average molecular weight is 492 g/mol. The number of aliphatic imine (C=N–C) groups is 1. The number of guanidine groups is 1. The third kappa shape index (κ3) is 9.59. The Morgan fingerprint density at radius 2 is 1.96 bits per heavy atom. The summed E-state index contributed by atoms with van der Waals surface area (Å²) in [7, 11) is 1.69. The van der Waals surface area contributed by atoms with Crippen molar-refractivity contribution in [3.05, 3.63) is 29.8 Å². The summed E-state index contributed by atoms with van der Waals surface area (Å²) in [6.45, 7) is 9.98. The van der Waals surface area contributed by atoms with Crippen molar-refractivity contribution in [2.45, 2.75) is 13.5 Å². The van der Waals surface area contributed by atoms with Crippen LogP contribution >= 0.6 is 24.0 Å². The molecule has 7 nitrogen and oxygen atoms in total. The van der Waals surface area contributed by atoms with E-state index in [2.05, 4.69) is 33.5 Å². The number of ether oxygens (including phenoxy) is 3. The highest BCUT2D eigenvalue weighted by molar-refractivity contribution is 14.0. The van der Waals surface area contributed by atoms with Gasteiger partial charge in [-0.15, -0.1) is 24.0 Å². The summed E-state index contributed by atoms with van der Waals surface area (Å²) in [6.07, 6.45) is 0. The van der Waals surface area contributed by atoms with Crippen LogP contribution in [-0.4, -0.2) is 77.1 Å². The zero-order valence-corrected chi connectivity index (χ0v) is 18.7. The molecule has 27 heavy (non-hydrogen) atoms. The second-order valence-electron chi connectivity index (χ2n) is 6.02. The average Bonchev–Trinajstić information content (AvgIpc) is 2.68. The molecule has 0 unspecified atom stereocenters. The Labute approximate surface area is 179 Å². The van der Waals surface area contributed by atoms with E-state index < -0.39 is 0 Å². The maximum atomic E-state index is 6.02. The molecule has 0 bridgehead atoms.